The first kappa shape index (κ1) is 24.7. The van der Waals surface area contributed by atoms with Gasteiger partial charge in [-0.2, -0.15) is 13.2 Å². The molecule has 1 atom stereocenters. The maximum absolute atomic E-state index is 12.5. The number of hydrogen-bond donors (Lipinski definition) is 4. The van der Waals surface area contributed by atoms with Gasteiger partial charge in [0.15, 0.2) is 5.82 Å². The van der Waals surface area contributed by atoms with E-state index in [1.54, 1.807) is 26.1 Å². The Hall–Kier alpha value is -3.89. The highest BCUT2D eigenvalue weighted by Crippen LogP contribution is 2.19. The quantitative estimate of drug-likeness (QED) is 0.379. The number of carbonyl (C=O) groups excluding carboxylic acids is 2. The second-order valence-corrected chi connectivity index (χ2v) is 7.93. The highest BCUT2D eigenvalue weighted by Gasteiger charge is 2.30. The van der Waals surface area contributed by atoms with Crippen molar-refractivity contribution in [3.63, 3.8) is 0 Å². The average molecular weight is 474 g/mol. The highest BCUT2D eigenvalue weighted by atomic mass is 19.4. The maximum Gasteiger partial charge on any atom is 0.405 e. The summed E-state index contributed by atoms with van der Waals surface area (Å²) in [6.45, 7) is 2.37. The van der Waals surface area contributed by atoms with Gasteiger partial charge in [0.25, 0.3) is 5.91 Å². The van der Waals surface area contributed by atoms with Crippen LogP contribution in [0.4, 0.5) is 19.0 Å². The molecular formula is C23H25F3N6O2. The van der Waals surface area contributed by atoms with Crippen molar-refractivity contribution < 1.29 is 22.8 Å². The minimum absolute atomic E-state index is 0.266. The Balaban J connectivity index is 1.67. The third-order valence-electron chi connectivity index (χ3n) is 4.85. The Morgan fingerprint density at radius 3 is 2.50 bits per heavy atom. The molecule has 0 radical (unpaired) electrons. The molecule has 2 aromatic heterocycles. The van der Waals surface area contributed by atoms with E-state index in [4.69, 9.17) is 0 Å². The van der Waals surface area contributed by atoms with Gasteiger partial charge in [-0.05, 0) is 23.6 Å². The molecule has 3 rings (SSSR count). The van der Waals surface area contributed by atoms with Crippen LogP contribution < -0.4 is 16.0 Å². The van der Waals surface area contributed by atoms with Crippen LogP contribution in [0, 0.1) is 5.92 Å². The average Bonchev–Trinajstić information content (AvgIpc) is 3.30. The van der Waals surface area contributed by atoms with Crippen molar-refractivity contribution in [3.05, 3.63) is 66.1 Å². The largest absolute Gasteiger partial charge is 0.405 e. The van der Waals surface area contributed by atoms with Crippen LogP contribution in [0.15, 0.2) is 54.9 Å². The van der Waals surface area contributed by atoms with Crippen LogP contribution in [0.1, 0.15) is 29.9 Å². The number of carbonyl (C=O) groups is 2. The minimum atomic E-state index is -4.50. The molecule has 0 unspecified atom stereocenters. The molecule has 0 aliphatic rings. The number of amides is 2. The summed E-state index contributed by atoms with van der Waals surface area (Å²) in [5.41, 5.74) is 1.82. The van der Waals surface area contributed by atoms with Crippen LogP contribution in [-0.4, -0.2) is 45.5 Å². The van der Waals surface area contributed by atoms with E-state index in [1.165, 1.54) is 12.3 Å². The van der Waals surface area contributed by atoms with Gasteiger partial charge in [-0.25, -0.2) is 9.97 Å². The number of alkyl halides is 3. The number of rotatable bonds is 9. The molecule has 0 aliphatic heterocycles. The van der Waals surface area contributed by atoms with Crippen molar-refractivity contribution in [1.82, 2.24) is 25.6 Å². The van der Waals surface area contributed by atoms with Crippen LogP contribution in [-0.2, 0) is 11.3 Å². The number of anilines is 1. The Labute approximate surface area is 194 Å². The molecule has 2 amide bonds. The number of hydrogen-bond acceptors (Lipinski definition) is 5. The molecule has 3 aromatic rings. The molecule has 180 valence electrons. The van der Waals surface area contributed by atoms with Crippen LogP contribution in [0.5, 0.6) is 0 Å². The van der Waals surface area contributed by atoms with E-state index < -0.39 is 24.7 Å². The Morgan fingerprint density at radius 2 is 1.82 bits per heavy atom. The molecule has 0 saturated carbocycles. The molecule has 1 aromatic carbocycles. The van der Waals surface area contributed by atoms with Gasteiger partial charge in [0.05, 0.1) is 0 Å². The van der Waals surface area contributed by atoms with E-state index >= 15 is 0 Å². The number of nitrogens with one attached hydrogen (secondary N) is 4. The number of nitrogens with zero attached hydrogens (tertiary/aromatic N) is 2. The van der Waals surface area contributed by atoms with Crippen LogP contribution in [0.25, 0.3) is 11.4 Å². The zero-order valence-electron chi connectivity index (χ0n) is 18.6. The first-order valence-electron chi connectivity index (χ1n) is 10.6. The number of aromatic amines is 1. The smallest absolute Gasteiger partial charge is 0.358 e. The minimum Gasteiger partial charge on any atom is -0.358 e. The van der Waals surface area contributed by atoms with Crippen molar-refractivity contribution in [2.24, 2.45) is 5.92 Å². The molecular weight excluding hydrogens is 449 g/mol. The number of H-pyrrole nitrogens is 1. The van der Waals surface area contributed by atoms with E-state index in [9.17, 15) is 22.8 Å². The van der Waals surface area contributed by atoms with Gasteiger partial charge in [-0.15, -0.1) is 0 Å². The van der Waals surface area contributed by atoms with Crippen molar-refractivity contribution in [3.8, 4) is 11.4 Å². The molecule has 2 heterocycles. The lowest BCUT2D eigenvalue weighted by molar-refractivity contribution is -0.139. The summed E-state index contributed by atoms with van der Waals surface area (Å²) in [7, 11) is 0. The zero-order chi connectivity index (χ0) is 24.7. The standard InChI is InChI=1S/C23H25F3N6O2/c1-14(2)19(22(34)30-13-23(24,25)26)31-18-8-9-27-20(32-18)16-10-17(28-12-16)21(33)29-11-15-6-4-3-5-7-15/h3-10,12,14,19,28H,11,13H2,1-2H3,(H,29,33)(H,30,34)(H,27,31,32)/t19-/m1/s1. The van der Waals surface area contributed by atoms with Crippen molar-refractivity contribution in [1.29, 1.82) is 0 Å². The van der Waals surface area contributed by atoms with E-state index in [-0.39, 0.29) is 23.5 Å². The summed E-state index contributed by atoms with van der Waals surface area (Å²) in [4.78, 5) is 36.1. The first-order chi connectivity index (χ1) is 16.1. The van der Waals surface area contributed by atoms with Crippen molar-refractivity contribution in [2.45, 2.75) is 32.6 Å². The monoisotopic (exact) mass is 474 g/mol. The Bertz CT molecular complexity index is 1120. The Morgan fingerprint density at radius 1 is 1.09 bits per heavy atom. The van der Waals surface area contributed by atoms with E-state index in [2.05, 4.69) is 25.6 Å². The molecule has 8 nitrogen and oxygen atoms in total. The molecule has 0 aliphatic carbocycles. The predicted molar refractivity (Wildman–Crippen MR) is 121 cm³/mol. The van der Waals surface area contributed by atoms with E-state index in [0.29, 0.717) is 17.8 Å². The number of benzene rings is 1. The van der Waals surface area contributed by atoms with Crippen molar-refractivity contribution in [2.75, 3.05) is 11.9 Å². The summed E-state index contributed by atoms with van der Waals surface area (Å²) in [6.07, 6.45) is -1.47. The predicted octanol–water partition coefficient (Wildman–Crippen LogP) is 3.52. The van der Waals surface area contributed by atoms with Crippen LogP contribution in [0.3, 0.4) is 0 Å². The summed E-state index contributed by atoms with van der Waals surface area (Å²) >= 11 is 0. The van der Waals surface area contributed by atoms with Gasteiger partial charge >= 0.3 is 6.18 Å². The lowest BCUT2D eigenvalue weighted by Gasteiger charge is -2.22. The molecule has 0 bridgehead atoms. The van der Waals surface area contributed by atoms with E-state index in [0.717, 1.165) is 5.56 Å². The zero-order valence-corrected chi connectivity index (χ0v) is 18.6. The van der Waals surface area contributed by atoms with E-state index in [1.807, 2.05) is 35.6 Å². The van der Waals surface area contributed by atoms with Gasteiger partial charge in [-0.3, -0.25) is 9.59 Å². The van der Waals surface area contributed by atoms with Gasteiger partial charge in [0.1, 0.15) is 24.1 Å². The third-order valence-corrected chi connectivity index (χ3v) is 4.85. The van der Waals surface area contributed by atoms with Crippen LogP contribution in [0.2, 0.25) is 0 Å². The molecule has 0 spiro atoms. The highest BCUT2D eigenvalue weighted by molar-refractivity contribution is 5.93. The summed E-state index contributed by atoms with van der Waals surface area (Å²) in [5, 5.41) is 7.58. The summed E-state index contributed by atoms with van der Waals surface area (Å²) in [6, 6.07) is 11.6. The van der Waals surface area contributed by atoms with Gasteiger partial charge in [0, 0.05) is 24.5 Å². The van der Waals surface area contributed by atoms with Gasteiger partial charge in [0.2, 0.25) is 5.91 Å². The lowest BCUT2D eigenvalue weighted by Crippen LogP contribution is -2.46. The fourth-order valence-corrected chi connectivity index (χ4v) is 3.10. The summed E-state index contributed by atoms with van der Waals surface area (Å²) < 4.78 is 37.4. The first-order valence-corrected chi connectivity index (χ1v) is 10.6. The third kappa shape index (κ3) is 7.06. The molecule has 11 heteroatoms. The van der Waals surface area contributed by atoms with Gasteiger partial charge < -0.3 is 20.9 Å². The Kier molecular flexibility index (Phi) is 7.87. The normalized spacial score (nSPS) is 12.3. The SMILES string of the molecule is CC(C)[C@@H](Nc1ccnc(-c2c[nH]c(C(=O)NCc3ccccc3)c2)n1)C(=O)NCC(F)(F)F. The fraction of sp³-hybridized carbons (Fsp3) is 0.304. The van der Waals surface area contributed by atoms with Gasteiger partial charge in [-0.1, -0.05) is 44.2 Å². The number of halogens is 3. The number of aromatic nitrogens is 3. The second-order valence-electron chi connectivity index (χ2n) is 7.93. The maximum atomic E-state index is 12.5. The topological polar surface area (TPSA) is 112 Å². The lowest BCUT2D eigenvalue weighted by atomic mass is 10.0. The molecule has 4 N–H and O–H groups in total. The van der Waals surface area contributed by atoms with Crippen molar-refractivity contribution >= 4 is 17.6 Å². The molecule has 34 heavy (non-hydrogen) atoms. The molecule has 0 saturated heterocycles. The fourth-order valence-electron chi connectivity index (χ4n) is 3.10. The second kappa shape index (κ2) is 10.8. The summed E-state index contributed by atoms with van der Waals surface area (Å²) in [5.74, 6) is -0.848. The van der Waals surface area contributed by atoms with Crippen LogP contribution >= 0.6 is 0 Å². The molecule has 0 fully saturated rings.